The van der Waals surface area contributed by atoms with Gasteiger partial charge in [-0.2, -0.15) is 0 Å². The van der Waals surface area contributed by atoms with Crippen molar-refractivity contribution in [2.24, 2.45) is 11.8 Å². The molecule has 0 aromatic heterocycles. The Hall–Kier alpha value is -3.35. The zero-order valence-corrected chi connectivity index (χ0v) is 17.9. The Morgan fingerprint density at radius 2 is 1.59 bits per heavy atom. The van der Waals surface area contributed by atoms with Crippen molar-refractivity contribution in [2.45, 2.75) is 31.6 Å². The minimum atomic E-state index is -0.793. The van der Waals surface area contributed by atoms with Gasteiger partial charge in [-0.15, -0.1) is 0 Å². The Balaban J connectivity index is 1.20. The lowest BCUT2D eigenvalue weighted by Gasteiger charge is -2.16. The zero-order chi connectivity index (χ0) is 22.5. The minimum Gasteiger partial charge on any atom is -0.481 e. The molecule has 2 aromatic carbocycles. The van der Waals surface area contributed by atoms with Crippen LogP contribution < -0.4 is 10.6 Å². The number of carbonyl (C=O) groups is 3. The molecule has 2 amide bonds. The van der Waals surface area contributed by atoms with Crippen LogP contribution in [0.25, 0.3) is 11.1 Å². The first-order valence-electron chi connectivity index (χ1n) is 11.1. The molecular weight excluding hydrogens is 408 g/mol. The number of carboxylic acids is 1. The number of amides is 2. The molecule has 4 rings (SSSR count). The van der Waals surface area contributed by atoms with Crippen LogP contribution in [-0.4, -0.2) is 42.8 Å². The van der Waals surface area contributed by atoms with Gasteiger partial charge < -0.3 is 20.5 Å². The SMILES string of the molecule is O=C(CCNC(=O)OCC1c2ccccc2-c2ccccc21)NCC1CCCC1C(=O)O. The average Bonchev–Trinajstić information content (AvgIpc) is 3.39. The van der Waals surface area contributed by atoms with E-state index in [1.807, 2.05) is 24.3 Å². The van der Waals surface area contributed by atoms with Crippen molar-refractivity contribution in [1.82, 2.24) is 10.6 Å². The summed E-state index contributed by atoms with van der Waals surface area (Å²) in [5, 5.41) is 14.6. The first-order valence-corrected chi connectivity index (χ1v) is 11.1. The highest BCUT2D eigenvalue weighted by Crippen LogP contribution is 2.44. The van der Waals surface area contributed by atoms with E-state index in [9.17, 15) is 19.5 Å². The van der Waals surface area contributed by atoms with Gasteiger partial charge in [-0.25, -0.2) is 4.79 Å². The number of nitrogens with one attached hydrogen (secondary N) is 2. The molecular formula is C25H28N2O5. The summed E-state index contributed by atoms with van der Waals surface area (Å²) in [6, 6.07) is 16.3. The van der Waals surface area contributed by atoms with Crippen molar-refractivity contribution in [2.75, 3.05) is 19.7 Å². The molecule has 2 aliphatic rings. The second-order valence-corrected chi connectivity index (χ2v) is 8.44. The van der Waals surface area contributed by atoms with E-state index < -0.39 is 12.1 Å². The lowest BCUT2D eigenvalue weighted by molar-refractivity contribution is -0.143. The number of rotatable bonds is 8. The number of ether oxygens (including phenoxy) is 1. The van der Waals surface area contributed by atoms with Gasteiger partial charge in [0.15, 0.2) is 0 Å². The third-order valence-electron chi connectivity index (χ3n) is 6.50. The van der Waals surface area contributed by atoms with Crippen molar-refractivity contribution < 1.29 is 24.2 Å². The topological polar surface area (TPSA) is 105 Å². The third kappa shape index (κ3) is 4.77. The van der Waals surface area contributed by atoms with Gasteiger partial charge in [0.1, 0.15) is 6.61 Å². The van der Waals surface area contributed by atoms with Crippen LogP contribution in [0.4, 0.5) is 4.79 Å². The van der Waals surface area contributed by atoms with Gasteiger partial charge in [-0.3, -0.25) is 9.59 Å². The minimum absolute atomic E-state index is 0.00922. The summed E-state index contributed by atoms with van der Waals surface area (Å²) in [5.74, 6) is -1.41. The summed E-state index contributed by atoms with van der Waals surface area (Å²) < 4.78 is 5.46. The molecule has 0 spiro atoms. The molecule has 2 unspecified atom stereocenters. The maximum Gasteiger partial charge on any atom is 0.407 e. The van der Waals surface area contributed by atoms with Gasteiger partial charge in [0.2, 0.25) is 5.91 Å². The van der Waals surface area contributed by atoms with E-state index in [-0.39, 0.29) is 43.2 Å². The second kappa shape index (κ2) is 9.85. The van der Waals surface area contributed by atoms with Crippen molar-refractivity contribution >= 4 is 18.0 Å². The van der Waals surface area contributed by atoms with Gasteiger partial charge in [-0.1, -0.05) is 55.0 Å². The van der Waals surface area contributed by atoms with Crippen LogP contribution in [0.1, 0.15) is 42.7 Å². The average molecular weight is 437 g/mol. The van der Waals surface area contributed by atoms with Crippen LogP contribution in [0.2, 0.25) is 0 Å². The highest BCUT2D eigenvalue weighted by atomic mass is 16.5. The summed E-state index contributed by atoms with van der Waals surface area (Å²) in [4.78, 5) is 35.4. The standard InChI is InChI=1S/C25H28N2O5/c28-23(27-14-16-6-5-11-17(16)24(29)30)12-13-26-25(31)32-15-22-20-9-3-1-7-18(20)19-8-2-4-10-21(19)22/h1-4,7-10,16-17,22H,5-6,11-15H2,(H,26,31)(H,27,28)(H,29,30). The highest BCUT2D eigenvalue weighted by molar-refractivity contribution is 5.79. The van der Waals surface area contributed by atoms with Crippen molar-refractivity contribution in [3.63, 3.8) is 0 Å². The van der Waals surface area contributed by atoms with E-state index >= 15 is 0 Å². The Labute approximate surface area is 187 Å². The molecule has 32 heavy (non-hydrogen) atoms. The van der Waals surface area contributed by atoms with Crippen molar-refractivity contribution in [3.8, 4) is 11.1 Å². The highest BCUT2D eigenvalue weighted by Gasteiger charge is 2.33. The number of alkyl carbamates (subject to hydrolysis) is 1. The van der Waals surface area contributed by atoms with Crippen LogP contribution in [0.3, 0.4) is 0 Å². The van der Waals surface area contributed by atoms with Gasteiger partial charge in [0, 0.05) is 25.4 Å². The predicted octanol–water partition coefficient (Wildman–Crippen LogP) is 3.53. The molecule has 0 radical (unpaired) electrons. The molecule has 2 atom stereocenters. The van der Waals surface area contributed by atoms with Crippen molar-refractivity contribution in [3.05, 3.63) is 59.7 Å². The summed E-state index contributed by atoms with van der Waals surface area (Å²) in [6.45, 7) is 0.751. The summed E-state index contributed by atoms with van der Waals surface area (Å²) in [5.41, 5.74) is 4.63. The third-order valence-corrected chi connectivity index (χ3v) is 6.50. The molecule has 0 heterocycles. The van der Waals surface area contributed by atoms with E-state index in [4.69, 9.17) is 4.74 Å². The van der Waals surface area contributed by atoms with Gasteiger partial charge in [0.05, 0.1) is 5.92 Å². The number of carbonyl (C=O) groups excluding carboxylic acids is 2. The fourth-order valence-corrected chi connectivity index (χ4v) is 4.87. The number of carboxylic acid groups (broad SMARTS) is 1. The van der Waals surface area contributed by atoms with Gasteiger partial charge in [0.25, 0.3) is 0 Å². The fourth-order valence-electron chi connectivity index (χ4n) is 4.87. The number of hydrogen-bond donors (Lipinski definition) is 3. The second-order valence-electron chi connectivity index (χ2n) is 8.44. The van der Waals surface area contributed by atoms with Crippen LogP contribution in [0, 0.1) is 11.8 Å². The maximum absolute atomic E-state index is 12.2. The fraction of sp³-hybridized carbons (Fsp3) is 0.400. The quantitative estimate of drug-likeness (QED) is 0.587. The normalized spacial score (nSPS) is 19.1. The lowest BCUT2D eigenvalue weighted by atomic mass is 9.96. The number of benzene rings is 2. The molecule has 0 aliphatic heterocycles. The number of hydrogen-bond acceptors (Lipinski definition) is 4. The van der Waals surface area contributed by atoms with E-state index in [1.54, 1.807) is 0 Å². The van der Waals surface area contributed by atoms with Crippen LogP contribution >= 0.6 is 0 Å². The molecule has 0 bridgehead atoms. The summed E-state index contributed by atoms with van der Waals surface area (Å²) in [7, 11) is 0. The van der Waals surface area contributed by atoms with Crippen molar-refractivity contribution in [1.29, 1.82) is 0 Å². The van der Waals surface area contributed by atoms with Crippen LogP contribution in [0.5, 0.6) is 0 Å². The zero-order valence-electron chi connectivity index (χ0n) is 17.9. The van der Waals surface area contributed by atoms with E-state index in [0.29, 0.717) is 13.0 Å². The van der Waals surface area contributed by atoms with Gasteiger partial charge >= 0.3 is 12.1 Å². The molecule has 3 N–H and O–H groups in total. The molecule has 2 aliphatic carbocycles. The van der Waals surface area contributed by atoms with Crippen LogP contribution in [0.15, 0.2) is 48.5 Å². The molecule has 1 fully saturated rings. The number of aliphatic carboxylic acids is 1. The Bertz CT molecular complexity index is 960. The largest absolute Gasteiger partial charge is 0.481 e. The summed E-state index contributed by atoms with van der Waals surface area (Å²) >= 11 is 0. The smallest absolute Gasteiger partial charge is 0.407 e. The molecule has 168 valence electrons. The Morgan fingerprint density at radius 1 is 0.938 bits per heavy atom. The molecule has 2 aromatic rings. The maximum atomic E-state index is 12.2. The molecule has 1 saturated carbocycles. The monoisotopic (exact) mass is 436 g/mol. The first-order chi connectivity index (χ1) is 15.5. The lowest BCUT2D eigenvalue weighted by Crippen LogP contribution is -2.35. The molecule has 7 heteroatoms. The van der Waals surface area contributed by atoms with E-state index in [0.717, 1.165) is 24.0 Å². The molecule has 7 nitrogen and oxygen atoms in total. The Morgan fingerprint density at radius 3 is 2.25 bits per heavy atom. The molecule has 0 saturated heterocycles. The Kier molecular flexibility index (Phi) is 6.73. The summed E-state index contributed by atoms with van der Waals surface area (Å²) in [6.07, 6.45) is 1.92. The van der Waals surface area contributed by atoms with Gasteiger partial charge in [-0.05, 0) is 41.0 Å². The predicted molar refractivity (Wildman–Crippen MR) is 119 cm³/mol. The van der Waals surface area contributed by atoms with E-state index in [1.165, 1.54) is 11.1 Å². The first kappa shape index (κ1) is 21.9. The van der Waals surface area contributed by atoms with E-state index in [2.05, 4.69) is 34.9 Å². The van der Waals surface area contributed by atoms with Crippen LogP contribution in [-0.2, 0) is 14.3 Å². The number of fused-ring (bicyclic) bond motifs is 3.